The third kappa shape index (κ3) is 6.92. The molecule has 1 aliphatic heterocycles. The van der Waals surface area contributed by atoms with Gasteiger partial charge in [-0.05, 0) is 38.3 Å². The van der Waals surface area contributed by atoms with Crippen molar-refractivity contribution >= 4 is 15.7 Å². The molecular weight excluding hydrogens is 264 g/mol. The lowest BCUT2D eigenvalue weighted by molar-refractivity contribution is -0.131. The van der Waals surface area contributed by atoms with Gasteiger partial charge in [-0.2, -0.15) is 0 Å². The molecule has 1 fully saturated rings. The molecule has 6 heteroatoms. The van der Waals surface area contributed by atoms with Crippen molar-refractivity contribution in [3.8, 4) is 0 Å². The number of piperidine rings is 1. The molecule has 0 aromatic carbocycles. The second kappa shape index (κ2) is 7.85. The van der Waals surface area contributed by atoms with Crippen molar-refractivity contribution in [2.45, 2.75) is 32.6 Å². The molecule has 0 radical (unpaired) electrons. The molecular formula is C13H26N2O3S. The van der Waals surface area contributed by atoms with Crippen LogP contribution in [0, 0.1) is 5.92 Å². The second-order valence-electron chi connectivity index (χ2n) is 5.41. The van der Waals surface area contributed by atoms with Crippen LogP contribution >= 0.6 is 0 Å². The van der Waals surface area contributed by atoms with Crippen LogP contribution in [0.5, 0.6) is 0 Å². The summed E-state index contributed by atoms with van der Waals surface area (Å²) in [6.45, 7) is 5.58. The smallest absolute Gasteiger partial charge is 0.223 e. The summed E-state index contributed by atoms with van der Waals surface area (Å²) in [7, 11) is -3.06. The number of nitrogens with one attached hydrogen (secondary N) is 1. The van der Waals surface area contributed by atoms with E-state index in [1.807, 2.05) is 11.8 Å². The molecule has 1 saturated heterocycles. The first-order valence-electron chi connectivity index (χ1n) is 7.08. The Labute approximate surface area is 116 Å². The molecule has 0 aromatic heterocycles. The van der Waals surface area contributed by atoms with Crippen LogP contribution < -0.4 is 5.32 Å². The van der Waals surface area contributed by atoms with Gasteiger partial charge in [-0.1, -0.05) is 6.92 Å². The average Bonchev–Trinajstić information content (AvgIpc) is 2.36. The minimum Gasteiger partial charge on any atom is -0.342 e. The minimum absolute atomic E-state index is 0.0224. The Balaban J connectivity index is 2.47. The third-order valence-electron chi connectivity index (χ3n) is 3.47. The molecule has 0 aliphatic carbocycles. The van der Waals surface area contributed by atoms with Crippen molar-refractivity contribution in [1.29, 1.82) is 0 Å². The van der Waals surface area contributed by atoms with Crippen molar-refractivity contribution in [1.82, 2.24) is 10.2 Å². The Morgan fingerprint density at radius 3 is 2.47 bits per heavy atom. The number of nitrogens with zero attached hydrogens (tertiary/aromatic N) is 1. The van der Waals surface area contributed by atoms with Crippen LogP contribution in [0.2, 0.25) is 0 Å². The number of sulfone groups is 1. The normalized spacial score (nSPS) is 17.4. The summed E-state index contributed by atoms with van der Waals surface area (Å²) in [6, 6.07) is 0. The summed E-state index contributed by atoms with van der Waals surface area (Å²) in [5, 5.41) is 3.31. The van der Waals surface area contributed by atoms with Crippen molar-refractivity contribution in [2.24, 2.45) is 5.92 Å². The standard InChI is InChI=1S/C13H26N2O3S/c1-3-9-15(11-12-4-7-14-8-5-12)13(16)6-10-19(2,17)18/h12,14H,3-11H2,1-2H3. The highest BCUT2D eigenvalue weighted by Crippen LogP contribution is 2.14. The lowest BCUT2D eigenvalue weighted by Crippen LogP contribution is -2.40. The van der Waals surface area contributed by atoms with Crippen LogP contribution in [0.1, 0.15) is 32.6 Å². The number of hydrogen-bond acceptors (Lipinski definition) is 4. The predicted octanol–water partition coefficient (Wildman–Crippen LogP) is 0.659. The van der Waals surface area contributed by atoms with E-state index in [0.717, 1.165) is 45.4 Å². The molecule has 1 heterocycles. The average molecular weight is 290 g/mol. The van der Waals surface area contributed by atoms with Gasteiger partial charge in [0.15, 0.2) is 0 Å². The Morgan fingerprint density at radius 1 is 1.32 bits per heavy atom. The zero-order valence-corrected chi connectivity index (χ0v) is 12.8. The van der Waals surface area contributed by atoms with E-state index in [-0.39, 0.29) is 18.1 Å². The Hall–Kier alpha value is -0.620. The van der Waals surface area contributed by atoms with Crippen molar-refractivity contribution in [3.05, 3.63) is 0 Å². The highest BCUT2D eigenvalue weighted by Gasteiger charge is 2.20. The van der Waals surface area contributed by atoms with Gasteiger partial charge < -0.3 is 10.2 Å². The van der Waals surface area contributed by atoms with Crippen LogP contribution in [-0.4, -0.2) is 57.4 Å². The van der Waals surface area contributed by atoms with E-state index in [2.05, 4.69) is 5.32 Å². The van der Waals surface area contributed by atoms with E-state index in [1.54, 1.807) is 0 Å². The molecule has 0 bridgehead atoms. The van der Waals surface area contributed by atoms with E-state index in [4.69, 9.17) is 0 Å². The topological polar surface area (TPSA) is 66.5 Å². The first-order chi connectivity index (χ1) is 8.92. The molecule has 1 N–H and O–H groups in total. The van der Waals surface area contributed by atoms with Gasteiger partial charge in [0.2, 0.25) is 5.91 Å². The molecule has 1 amide bonds. The van der Waals surface area contributed by atoms with Crippen LogP contribution in [-0.2, 0) is 14.6 Å². The van der Waals surface area contributed by atoms with Crippen LogP contribution in [0.3, 0.4) is 0 Å². The Kier molecular flexibility index (Phi) is 6.79. The molecule has 0 spiro atoms. The fraction of sp³-hybridized carbons (Fsp3) is 0.923. The van der Waals surface area contributed by atoms with E-state index in [0.29, 0.717) is 5.92 Å². The zero-order chi connectivity index (χ0) is 14.3. The van der Waals surface area contributed by atoms with Crippen molar-refractivity contribution < 1.29 is 13.2 Å². The Bertz CT molecular complexity index is 375. The van der Waals surface area contributed by atoms with Gasteiger partial charge in [-0.3, -0.25) is 4.79 Å². The maximum Gasteiger partial charge on any atom is 0.223 e. The number of amides is 1. The highest BCUT2D eigenvalue weighted by molar-refractivity contribution is 7.90. The fourth-order valence-electron chi connectivity index (χ4n) is 2.39. The Morgan fingerprint density at radius 2 is 1.95 bits per heavy atom. The second-order valence-corrected chi connectivity index (χ2v) is 7.67. The first-order valence-corrected chi connectivity index (χ1v) is 9.14. The summed E-state index contributed by atoms with van der Waals surface area (Å²) < 4.78 is 22.3. The summed E-state index contributed by atoms with van der Waals surface area (Å²) in [5.41, 5.74) is 0. The summed E-state index contributed by atoms with van der Waals surface area (Å²) in [5.74, 6) is 0.485. The lowest BCUT2D eigenvalue weighted by atomic mass is 9.97. The maximum absolute atomic E-state index is 12.1. The quantitative estimate of drug-likeness (QED) is 0.748. The molecule has 0 saturated carbocycles. The molecule has 0 aromatic rings. The largest absolute Gasteiger partial charge is 0.342 e. The number of carbonyl (C=O) groups is 1. The van der Waals surface area contributed by atoms with E-state index >= 15 is 0 Å². The van der Waals surface area contributed by atoms with Gasteiger partial charge >= 0.3 is 0 Å². The van der Waals surface area contributed by atoms with Gasteiger partial charge in [0.05, 0.1) is 5.75 Å². The number of rotatable bonds is 7. The number of hydrogen-bond donors (Lipinski definition) is 1. The predicted molar refractivity (Wildman–Crippen MR) is 76.8 cm³/mol. The minimum atomic E-state index is -3.06. The SMILES string of the molecule is CCCN(CC1CCNCC1)C(=O)CCS(C)(=O)=O. The molecule has 0 unspecified atom stereocenters. The first kappa shape index (κ1) is 16.4. The van der Waals surface area contributed by atoms with Gasteiger partial charge in [0, 0.05) is 25.8 Å². The summed E-state index contributed by atoms with van der Waals surface area (Å²) in [6.07, 6.45) is 4.40. The van der Waals surface area contributed by atoms with Gasteiger partial charge in [0.25, 0.3) is 0 Å². The fourth-order valence-corrected chi connectivity index (χ4v) is 2.94. The lowest BCUT2D eigenvalue weighted by Gasteiger charge is -2.30. The summed E-state index contributed by atoms with van der Waals surface area (Å²) in [4.78, 5) is 13.9. The zero-order valence-electron chi connectivity index (χ0n) is 12.0. The van der Waals surface area contributed by atoms with Crippen molar-refractivity contribution in [3.63, 3.8) is 0 Å². The van der Waals surface area contributed by atoms with Gasteiger partial charge in [-0.15, -0.1) is 0 Å². The third-order valence-corrected chi connectivity index (χ3v) is 4.42. The summed E-state index contributed by atoms with van der Waals surface area (Å²) >= 11 is 0. The van der Waals surface area contributed by atoms with Crippen LogP contribution in [0.15, 0.2) is 0 Å². The molecule has 0 atom stereocenters. The highest BCUT2D eigenvalue weighted by atomic mass is 32.2. The molecule has 1 rings (SSSR count). The van der Waals surface area contributed by atoms with Gasteiger partial charge in [-0.25, -0.2) is 8.42 Å². The monoisotopic (exact) mass is 290 g/mol. The van der Waals surface area contributed by atoms with E-state index < -0.39 is 9.84 Å². The van der Waals surface area contributed by atoms with Crippen LogP contribution in [0.4, 0.5) is 0 Å². The molecule has 19 heavy (non-hydrogen) atoms. The van der Waals surface area contributed by atoms with Crippen molar-refractivity contribution in [2.75, 3.05) is 38.2 Å². The van der Waals surface area contributed by atoms with E-state index in [9.17, 15) is 13.2 Å². The molecule has 1 aliphatic rings. The molecule has 5 nitrogen and oxygen atoms in total. The number of carbonyl (C=O) groups excluding carboxylic acids is 1. The van der Waals surface area contributed by atoms with Crippen LogP contribution in [0.25, 0.3) is 0 Å². The van der Waals surface area contributed by atoms with Gasteiger partial charge in [0.1, 0.15) is 9.84 Å². The van der Waals surface area contributed by atoms with E-state index in [1.165, 1.54) is 6.26 Å². The maximum atomic E-state index is 12.1. The molecule has 112 valence electrons.